The van der Waals surface area contributed by atoms with E-state index in [-0.39, 0.29) is 23.5 Å². The van der Waals surface area contributed by atoms with Crippen molar-refractivity contribution in [3.63, 3.8) is 0 Å². The molecule has 0 spiro atoms. The molecule has 8 heteroatoms. The van der Waals surface area contributed by atoms with Gasteiger partial charge in [-0.15, -0.1) is 0 Å². The second-order valence-electron chi connectivity index (χ2n) is 15.4. The van der Waals surface area contributed by atoms with Crippen molar-refractivity contribution in [2.24, 2.45) is 5.92 Å². The Labute approximate surface area is 276 Å². The van der Waals surface area contributed by atoms with Gasteiger partial charge >= 0.3 is 5.97 Å². The molecule has 1 amide bonds. The van der Waals surface area contributed by atoms with Gasteiger partial charge in [-0.2, -0.15) is 0 Å². The second kappa shape index (κ2) is 16.4. The van der Waals surface area contributed by atoms with Gasteiger partial charge in [0.1, 0.15) is 24.5 Å². The van der Waals surface area contributed by atoms with Crippen LogP contribution in [0.3, 0.4) is 0 Å². The van der Waals surface area contributed by atoms with Crippen LogP contribution in [0.15, 0.2) is 54.6 Å². The number of esters is 1. The van der Waals surface area contributed by atoms with Crippen LogP contribution in [0.4, 0.5) is 0 Å². The van der Waals surface area contributed by atoms with Crippen molar-refractivity contribution >= 4 is 28.5 Å². The van der Waals surface area contributed by atoms with Crippen LogP contribution in [0.1, 0.15) is 93.7 Å². The Bertz CT molecular complexity index is 1180. The van der Waals surface area contributed by atoms with E-state index in [0.717, 1.165) is 16.9 Å². The molecule has 0 aromatic heterocycles. The summed E-state index contributed by atoms with van der Waals surface area (Å²) in [6.07, 6.45) is 0.128. The number of ether oxygens (including phenoxy) is 1. The molecular weight excluding hydrogens is 595 g/mol. The first-order valence-electron chi connectivity index (χ1n) is 16.8. The van der Waals surface area contributed by atoms with Gasteiger partial charge in [-0.25, -0.2) is 4.79 Å². The standard InChI is InChI=1S/C37H61NO5Si2/c1-26(2)23-33(36(40)41-25-31-17-15-14-16-18-31)38-35(39)34(43-44(12,13)37(9,10)11)24-30-19-21-32(22-20-30)42-45(27(3)4,28(5)6)29(7)8/h14-22,26-29,33-34H,23-25H2,1-13H3,(H,38,39)/t33-,34-/m1/s1. The average molecular weight is 656 g/mol. The number of hydrogen-bond acceptors (Lipinski definition) is 5. The third-order valence-electron chi connectivity index (χ3n) is 9.41. The second-order valence-corrected chi connectivity index (χ2v) is 25.6. The number of hydrogen-bond donors (Lipinski definition) is 1. The minimum absolute atomic E-state index is 0.0896. The Morgan fingerprint density at radius 3 is 1.78 bits per heavy atom. The molecule has 0 saturated carbocycles. The highest BCUT2D eigenvalue weighted by atomic mass is 28.4. The van der Waals surface area contributed by atoms with E-state index in [1.165, 1.54) is 0 Å². The number of rotatable bonds is 16. The molecule has 2 aromatic rings. The molecule has 0 aliphatic heterocycles. The fraction of sp³-hybridized carbons (Fsp3) is 0.622. The van der Waals surface area contributed by atoms with E-state index in [0.29, 0.717) is 29.5 Å². The first kappa shape index (κ1) is 38.8. The molecule has 0 aliphatic carbocycles. The summed E-state index contributed by atoms with van der Waals surface area (Å²) in [5, 5.41) is 2.93. The fourth-order valence-electron chi connectivity index (χ4n) is 5.97. The van der Waals surface area contributed by atoms with Crippen molar-refractivity contribution in [3.8, 4) is 5.75 Å². The summed E-state index contributed by atoms with van der Waals surface area (Å²) in [6, 6.07) is 17.0. The minimum Gasteiger partial charge on any atom is -0.543 e. The molecular formula is C37H61NO5Si2. The van der Waals surface area contributed by atoms with E-state index in [9.17, 15) is 9.59 Å². The third-order valence-corrected chi connectivity index (χ3v) is 19.9. The van der Waals surface area contributed by atoms with Crippen LogP contribution >= 0.6 is 0 Å². The van der Waals surface area contributed by atoms with Gasteiger partial charge in [-0.05, 0) is 70.4 Å². The normalized spacial score (nSPS) is 14.2. The summed E-state index contributed by atoms with van der Waals surface area (Å²) in [5.74, 6) is 0.353. The SMILES string of the molecule is CC(C)C[C@@H](NC(=O)[C@@H](Cc1ccc(O[Si](C(C)C)(C(C)C)C(C)C)cc1)O[Si](C)(C)C(C)(C)C)C(=O)OCc1ccccc1. The smallest absolute Gasteiger partial charge is 0.328 e. The van der Waals surface area contributed by atoms with E-state index in [1.807, 2.05) is 68.4 Å². The lowest BCUT2D eigenvalue weighted by molar-refractivity contribution is -0.150. The topological polar surface area (TPSA) is 73.9 Å². The van der Waals surface area contributed by atoms with Gasteiger partial charge in [0.05, 0.1) is 0 Å². The molecule has 2 atom stereocenters. The Morgan fingerprint density at radius 1 is 0.778 bits per heavy atom. The lowest BCUT2D eigenvalue weighted by Gasteiger charge is -2.42. The Balaban J connectivity index is 2.32. The van der Waals surface area contributed by atoms with Gasteiger partial charge in [-0.1, -0.05) is 119 Å². The van der Waals surface area contributed by atoms with Gasteiger partial charge in [0, 0.05) is 6.42 Å². The minimum atomic E-state index is -2.33. The quantitative estimate of drug-likeness (QED) is 0.144. The molecule has 2 rings (SSSR count). The number of carbonyl (C=O) groups is 2. The largest absolute Gasteiger partial charge is 0.543 e. The number of nitrogens with one attached hydrogen (secondary N) is 1. The maximum absolute atomic E-state index is 14.0. The molecule has 0 aliphatic rings. The number of carbonyl (C=O) groups excluding carboxylic acids is 2. The Kier molecular flexibility index (Phi) is 14.1. The molecule has 0 fully saturated rings. The Morgan fingerprint density at radius 2 is 1.31 bits per heavy atom. The zero-order valence-electron chi connectivity index (χ0n) is 30.3. The molecule has 45 heavy (non-hydrogen) atoms. The van der Waals surface area contributed by atoms with E-state index >= 15 is 0 Å². The summed E-state index contributed by atoms with van der Waals surface area (Å²) >= 11 is 0. The summed E-state index contributed by atoms with van der Waals surface area (Å²) in [5.41, 5.74) is 3.31. The molecule has 252 valence electrons. The van der Waals surface area contributed by atoms with Crippen LogP contribution < -0.4 is 9.74 Å². The van der Waals surface area contributed by atoms with Crippen molar-refractivity contribution in [2.75, 3.05) is 0 Å². The van der Waals surface area contributed by atoms with E-state index in [1.54, 1.807) is 0 Å². The molecule has 0 radical (unpaired) electrons. The van der Waals surface area contributed by atoms with Crippen LogP contribution in [-0.4, -0.2) is 40.7 Å². The lowest BCUT2D eigenvalue weighted by Crippen LogP contribution is -2.52. The zero-order valence-corrected chi connectivity index (χ0v) is 32.3. The predicted octanol–water partition coefficient (Wildman–Crippen LogP) is 9.45. The highest BCUT2D eigenvalue weighted by Gasteiger charge is 2.47. The predicted molar refractivity (Wildman–Crippen MR) is 192 cm³/mol. The maximum Gasteiger partial charge on any atom is 0.328 e. The van der Waals surface area contributed by atoms with Gasteiger partial charge in [0.15, 0.2) is 8.32 Å². The molecule has 6 nitrogen and oxygen atoms in total. The maximum atomic E-state index is 14.0. The van der Waals surface area contributed by atoms with Crippen molar-refractivity contribution in [1.29, 1.82) is 0 Å². The van der Waals surface area contributed by atoms with Crippen molar-refractivity contribution in [2.45, 2.75) is 143 Å². The first-order chi connectivity index (χ1) is 20.8. The highest BCUT2D eigenvalue weighted by Crippen LogP contribution is 2.43. The van der Waals surface area contributed by atoms with Crippen molar-refractivity contribution in [1.82, 2.24) is 5.32 Å². The number of benzene rings is 2. The highest BCUT2D eigenvalue weighted by molar-refractivity contribution is 6.78. The van der Waals surface area contributed by atoms with Crippen LogP contribution in [0.5, 0.6) is 5.75 Å². The number of amides is 1. The summed E-state index contributed by atoms with van der Waals surface area (Å²) < 4.78 is 19.3. The molecule has 2 aromatic carbocycles. The van der Waals surface area contributed by atoms with Crippen LogP contribution in [0.2, 0.25) is 34.8 Å². The van der Waals surface area contributed by atoms with E-state index in [2.05, 4.69) is 80.7 Å². The summed E-state index contributed by atoms with van der Waals surface area (Å²) in [4.78, 5) is 27.2. The van der Waals surface area contributed by atoms with E-state index < -0.39 is 34.7 Å². The van der Waals surface area contributed by atoms with Crippen molar-refractivity contribution < 1.29 is 23.2 Å². The van der Waals surface area contributed by atoms with Gasteiger partial charge in [0.2, 0.25) is 5.91 Å². The molecule has 0 saturated heterocycles. The van der Waals surface area contributed by atoms with E-state index in [4.69, 9.17) is 13.6 Å². The third kappa shape index (κ3) is 10.8. The summed E-state index contributed by atoms with van der Waals surface area (Å²) in [7, 11) is -4.42. The van der Waals surface area contributed by atoms with Gasteiger partial charge < -0.3 is 18.9 Å². The first-order valence-corrected chi connectivity index (χ1v) is 21.8. The van der Waals surface area contributed by atoms with Gasteiger partial charge in [0.25, 0.3) is 8.32 Å². The van der Waals surface area contributed by atoms with Crippen LogP contribution in [-0.2, 0) is 31.8 Å². The van der Waals surface area contributed by atoms with Crippen LogP contribution in [0, 0.1) is 5.92 Å². The molecule has 0 heterocycles. The molecule has 1 N–H and O–H groups in total. The molecule has 0 unspecified atom stereocenters. The Hall–Kier alpha value is -2.43. The monoisotopic (exact) mass is 655 g/mol. The summed E-state index contributed by atoms with van der Waals surface area (Å²) in [6.45, 7) is 28.7. The van der Waals surface area contributed by atoms with Crippen molar-refractivity contribution in [3.05, 3.63) is 65.7 Å². The molecule has 0 bridgehead atoms. The zero-order chi connectivity index (χ0) is 34.2. The van der Waals surface area contributed by atoms with Gasteiger partial charge in [-0.3, -0.25) is 4.79 Å². The average Bonchev–Trinajstić information content (AvgIpc) is 2.93. The lowest BCUT2D eigenvalue weighted by atomic mass is 10.0. The van der Waals surface area contributed by atoms with Crippen LogP contribution in [0.25, 0.3) is 0 Å². The fourth-order valence-corrected chi connectivity index (χ4v) is 12.5.